The first-order chi connectivity index (χ1) is 11.8. The zero-order chi connectivity index (χ0) is 18.2. The number of carbonyl (C=O) groups is 1. The number of anilines is 1. The van der Waals surface area contributed by atoms with Gasteiger partial charge in [0, 0.05) is 12.6 Å². The van der Waals surface area contributed by atoms with Crippen LogP contribution in [0.15, 0.2) is 24.3 Å². The standard InChI is InChI=1S/C16H16ClF3N4O.ClH/c1-9-6-14(22-15(25)10-4-5-21-8-10)24(23-9)13-7-11(16(18,19)20)2-3-12(13)17;/h2-3,6-7,10,21H,4-5,8H2,1H3,(H,22,25);1H. The quantitative estimate of drug-likeness (QED) is 0.811. The molecule has 1 saturated heterocycles. The summed E-state index contributed by atoms with van der Waals surface area (Å²) in [6.45, 7) is 3.02. The number of benzene rings is 1. The fourth-order valence-corrected chi connectivity index (χ4v) is 2.93. The van der Waals surface area contributed by atoms with Crippen LogP contribution < -0.4 is 10.6 Å². The van der Waals surface area contributed by atoms with Crippen LogP contribution in [0.5, 0.6) is 0 Å². The van der Waals surface area contributed by atoms with Gasteiger partial charge in [-0.2, -0.15) is 18.3 Å². The van der Waals surface area contributed by atoms with Gasteiger partial charge in [0.1, 0.15) is 5.82 Å². The van der Waals surface area contributed by atoms with Crippen molar-refractivity contribution in [3.05, 3.63) is 40.5 Å². The molecule has 0 aliphatic carbocycles. The largest absolute Gasteiger partial charge is 0.416 e. The van der Waals surface area contributed by atoms with Crippen LogP contribution in [0.25, 0.3) is 5.69 Å². The second kappa shape index (κ2) is 7.85. The molecule has 26 heavy (non-hydrogen) atoms. The molecule has 1 unspecified atom stereocenters. The third-order valence-corrected chi connectivity index (χ3v) is 4.34. The van der Waals surface area contributed by atoms with E-state index in [0.29, 0.717) is 18.7 Å². The van der Waals surface area contributed by atoms with E-state index in [1.165, 1.54) is 10.7 Å². The van der Waals surface area contributed by atoms with Gasteiger partial charge in [-0.3, -0.25) is 4.79 Å². The Hall–Kier alpha value is -1.77. The molecule has 3 rings (SSSR count). The molecule has 1 aromatic heterocycles. The minimum atomic E-state index is -4.50. The van der Waals surface area contributed by atoms with Gasteiger partial charge >= 0.3 is 6.18 Å². The molecule has 0 spiro atoms. The lowest BCUT2D eigenvalue weighted by molar-refractivity contribution is -0.137. The summed E-state index contributed by atoms with van der Waals surface area (Å²) in [5.41, 5.74) is -0.227. The van der Waals surface area contributed by atoms with Crippen LogP contribution in [0.3, 0.4) is 0 Å². The maximum absolute atomic E-state index is 13.0. The summed E-state index contributed by atoms with van der Waals surface area (Å²) in [6, 6.07) is 4.59. The molecule has 1 aliphatic rings. The first kappa shape index (κ1) is 20.5. The van der Waals surface area contributed by atoms with Crippen molar-refractivity contribution in [3.63, 3.8) is 0 Å². The van der Waals surface area contributed by atoms with E-state index < -0.39 is 11.7 Å². The Kier molecular flexibility index (Phi) is 6.21. The number of alkyl halides is 3. The summed E-state index contributed by atoms with van der Waals surface area (Å²) in [7, 11) is 0. The number of aryl methyl sites for hydroxylation is 1. The number of hydrogen-bond acceptors (Lipinski definition) is 3. The van der Waals surface area contributed by atoms with Gasteiger partial charge < -0.3 is 10.6 Å². The Bertz CT molecular complexity index is 801. The number of nitrogens with zero attached hydrogens (tertiary/aromatic N) is 2. The van der Waals surface area contributed by atoms with Crippen LogP contribution in [-0.2, 0) is 11.0 Å². The van der Waals surface area contributed by atoms with Gasteiger partial charge in [-0.1, -0.05) is 11.6 Å². The Labute approximate surface area is 159 Å². The summed E-state index contributed by atoms with van der Waals surface area (Å²) in [5.74, 6) is -0.0921. The number of rotatable bonds is 3. The zero-order valence-electron chi connectivity index (χ0n) is 13.7. The Morgan fingerprint density at radius 1 is 1.38 bits per heavy atom. The number of amides is 1. The van der Waals surface area contributed by atoms with E-state index in [0.717, 1.165) is 18.7 Å². The minimum Gasteiger partial charge on any atom is -0.316 e. The highest BCUT2D eigenvalue weighted by Crippen LogP contribution is 2.34. The third-order valence-electron chi connectivity index (χ3n) is 4.02. The van der Waals surface area contributed by atoms with Gasteiger partial charge in [0.2, 0.25) is 5.91 Å². The van der Waals surface area contributed by atoms with E-state index in [9.17, 15) is 18.0 Å². The smallest absolute Gasteiger partial charge is 0.316 e. The zero-order valence-corrected chi connectivity index (χ0v) is 15.3. The molecular formula is C16H17Cl2F3N4O. The van der Waals surface area contributed by atoms with Crippen molar-refractivity contribution in [3.8, 4) is 5.69 Å². The van der Waals surface area contributed by atoms with Gasteiger partial charge in [0.05, 0.1) is 27.9 Å². The lowest BCUT2D eigenvalue weighted by Gasteiger charge is -2.14. The fourth-order valence-electron chi connectivity index (χ4n) is 2.73. The van der Waals surface area contributed by atoms with Gasteiger partial charge in [0.15, 0.2) is 0 Å². The molecule has 1 aromatic carbocycles. The van der Waals surface area contributed by atoms with Crippen molar-refractivity contribution in [2.75, 3.05) is 18.4 Å². The third kappa shape index (κ3) is 4.31. The molecule has 2 aromatic rings. The Morgan fingerprint density at radius 3 is 2.73 bits per heavy atom. The highest BCUT2D eigenvalue weighted by atomic mass is 35.5. The summed E-state index contributed by atoms with van der Waals surface area (Å²) in [5, 5.41) is 10.1. The molecule has 10 heteroatoms. The maximum atomic E-state index is 13.0. The number of halogens is 5. The number of nitrogens with one attached hydrogen (secondary N) is 2. The van der Waals surface area contributed by atoms with Crippen LogP contribution in [0.4, 0.5) is 19.0 Å². The summed E-state index contributed by atoms with van der Waals surface area (Å²) >= 11 is 6.07. The van der Waals surface area contributed by atoms with E-state index in [-0.39, 0.29) is 40.8 Å². The highest BCUT2D eigenvalue weighted by molar-refractivity contribution is 6.32. The molecule has 1 fully saturated rings. The average molecular weight is 409 g/mol. The molecule has 1 atom stereocenters. The van der Waals surface area contributed by atoms with E-state index in [2.05, 4.69) is 15.7 Å². The van der Waals surface area contributed by atoms with Crippen LogP contribution in [0.2, 0.25) is 5.02 Å². The summed E-state index contributed by atoms with van der Waals surface area (Å²) < 4.78 is 40.2. The lowest BCUT2D eigenvalue weighted by atomic mass is 10.1. The van der Waals surface area contributed by atoms with Crippen LogP contribution >= 0.6 is 24.0 Å². The minimum absolute atomic E-state index is 0. The van der Waals surface area contributed by atoms with Crippen LogP contribution in [0, 0.1) is 12.8 Å². The second-order valence-corrected chi connectivity index (χ2v) is 6.33. The second-order valence-electron chi connectivity index (χ2n) is 5.93. The molecule has 142 valence electrons. The maximum Gasteiger partial charge on any atom is 0.416 e. The molecule has 2 N–H and O–H groups in total. The summed E-state index contributed by atoms with van der Waals surface area (Å²) in [6.07, 6.45) is -3.79. The topological polar surface area (TPSA) is 59.0 Å². The molecule has 0 bridgehead atoms. The molecule has 0 saturated carbocycles. The van der Waals surface area contributed by atoms with Crippen molar-refractivity contribution in [2.45, 2.75) is 19.5 Å². The van der Waals surface area contributed by atoms with Gasteiger partial charge in [0.25, 0.3) is 0 Å². The predicted octanol–water partition coefficient (Wildman–Crippen LogP) is 3.82. The summed E-state index contributed by atoms with van der Waals surface area (Å²) in [4.78, 5) is 12.3. The van der Waals surface area contributed by atoms with Crippen molar-refractivity contribution in [2.24, 2.45) is 5.92 Å². The van der Waals surface area contributed by atoms with Crippen LogP contribution in [0.1, 0.15) is 17.7 Å². The van der Waals surface area contributed by atoms with E-state index in [1.54, 1.807) is 13.0 Å². The predicted molar refractivity (Wildman–Crippen MR) is 95.2 cm³/mol. The van der Waals surface area contributed by atoms with Gasteiger partial charge in [-0.25, -0.2) is 4.68 Å². The molecule has 1 amide bonds. The average Bonchev–Trinajstić information content (AvgIpc) is 3.16. The molecule has 5 nitrogen and oxygen atoms in total. The normalized spacial score (nSPS) is 17.0. The highest BCUT2D eigenvalue weighted by Gasteiger charge is 2.31. The SMILES string of the molecule is Cc1cc(NC(=O)C2CCNC2)n(-c2cc(C(F)(F)F)ccc2Cl)n1.Cl. The van der Waals surface area contributed by atoms with Crippen LogP contribution in [-0.4, -0.2) is 28.8 Å². The molecule has 0 radical (unpaired) electrons. The molecular weight excluding hydrogens is 392 g/mol. The first-order valence-corrected chi connectivity index (χ1v) is 8.09. The van der Waals surface area contributed by atoms with Crippen molar-refractivity contribution in [1.29, 1.82) is 0 Å². The number of hydrogen-bond donors (Lipinski definition) is 2. The fraction of sp³-hybridized carbons (Fsp3) is 0.375. The molecule has 2 heterocycles. The Morgan fingerprint density at radius 2 is 2.12 bits per heavy atom. The lowest BCUT2D eigenvalue weighted by Crippen LogP contribution is -2.25. The number of carbonyl (C=O) groups excluding carboxylic acids is 1. The Balaban J connectivity index is 0.00000243. The van der Waals surface area contributed by atoms with Gasteiger partial charge in [-0.15, -0.1) is 12.4 Å². The van der Waals surface area contributed by atoms with Crippen molar-refractivity contribution in [1.82, 2.24) is 15.1 Å². The first-order valence-electron chi connectivity index (χ1n) is 7.71. The van der Waals surface area contributed by atoms with E-state index in [4.69, 9.17) is 11.6 Å². The van der Waals surface area contributed by atoms with E-state index >= 15 is 0 Å². The van der Waals surface area contributed by atoms with Crippen molar-refractivity contribution < 1.29 is 18.0 Å². The monoisotopic (exact) mass is 408 g/mol. The number of aromatic nitrogens is 2. The van der Waals surface area contributed by atoms with E-state index in [1.807, 2.05) is 0 Å². The van der Waals surface area contributed by atoms with Crippen molar-refractivity contribution >= 4 is 35.7 Å². The molecule has 1 aliphatic heterocycles. The van der Waals surface area contributed by atoms with Gasteiger partial charge in [-0.05, 0) is 38.1 Å².